The number of hydrogen-bond acceptors (Lipinski definition) is 4. The Kier molecular flexibility index (Phi) is 5.07. The van der Waals surface area contributed by atoms with Crippen LogP contribution in [0.2, 0.25) is 5.02 Å². The van der Waals surface area contributed by atoms with E-state index in [0.29, 0.717) is 27.6 Å². The molecule has 1 saturated carbocycles. The van der Waals surface area contributed by atoms with E-state index < -0.39 is 11.9 Å². The molecule has 1 unspecified atom stereocenters. The second kappa shape index (κ2) is 7.08. The van der Waals surface area contributed by atoms with Gasteiger partial charge >= 0.3 is 0 Å². The third-order valence-electron chi connectivity index (χ3n) is 3.89. The molecule has 1 aliphatic carbocycles. The Labute approximate surface area is 152 Å². The summed E-state index contributed by atoms with van der Waals surface area (Å²) >= 11 is 9.36. The number of carbonyl (C=O) groups is 3. The predicted molar refractivity (Wildman–Crippen MR) is 92.5 cm³/mol. The molecule has 24 heavy (non-hydrogen) atoms. The Morgan fingerprint density at radius 3 is 2.71 bits per heavy atom. The van der Waals surface area contributed by atoms with Crippen LogP contribution in [0, 0.1) is 5.92 Å². The summed E-state index contributed by atoms with van der Waals surface area (Å²) in [6, 6.07) is 2.41. The molecule has 2 aliphatic rings. The molecule has 7 nitrogen and oxygen atoms in total. The second-order valence-corrected chi connectivity index (χ2v) is 7.19. The van der Waals surface area contributed by atoms with E-state index in [1.165, 1.54) is 6.07 Å². The van der Waals surface area contributed by atoms with Crippen molar-refractivity contribution in [1.82, 2.24) is 16.2 Å². The third-order valence-corrected chi connectivity index (χ3v) is 4.73. The van der Waals surface area contributed by atoms with Crippen molar-refractivity contribution in [1.29, 1.82) is 0 Å². The number of amides is 3. The lowest BCUT2D eigenvalue weighted by atomic mass is 10.1. The second-order valence-electron chi connectivity index (χ2n) is 5.90. The van der Waals surface area contributed by atoms with E-state index in [1.54, 1.807) is 6.07 Å². The molecule has 0 bridgehead atoms. The fraction of sp³-hybridized carbons (Fsp3) is 0.400. The standard InChI is InChI=1S/C15H16BrClN4O3/c16-10-4-8(17)3-9(14(23)18-6-7-1-2-7)13(10)19-15(24)11-5-12(22)21-20-11/h3-4,7,11,20H,1-2,5-6H2,(H,18,23)(H,19,24)(H,21,22). The van der Waals surface area contributed by atoms with Crippen LogP contribution in [0.15, 0.2) is 16.6 Å². The molecule has 0 spiro atoms. The molecule has 0 radical (unpaired) electrons. The monoisotopic (exact) mass is 414 g/mol. The van der Waals surface area contributed by atoms with Gasteiger partial charge in [0.05, 0.1) is 17.7 Å². The number of anilines is 1. The van der Waals surface area contributed by atoms with Gasteiger partial charge in [0, 0.05) is 16.0 Å². The molecule has 1 aromatic carbocycles. The zero-order valence-corrected chi connectivity index (χ0v) is 15.0. The first-order chi connectivity index (χ1) is 11.4. The van der Waals surface area contributed by atoms with E-state index in [4.69, 9.17) is 11.6 Å². The summed E-state index contributed by atoms with van der Waals surface area (Å²) in [4.78, 5) is 35.9. The molecule has 128 valence electrons. The van der Waals surface area contributed by atoms with Crippen molar-refractivity contribution in [3.63, 3.8) is 0 Å². The first-order valence-corrected chi connectivity index (χ1v) is 8.73. The summed E-state index contributed by atoms with van der Waals surface area (Å²) in [5, 5.41) is 5.93. The van der Waals surface area contributed by atoms with Crippen molar-refractivity contribution < 1.29 is 14.4 Å². The number of halogens is 2. The Balaban J connectivity index is 1.78. The lowest BCUT2D eigenvalue weighted by Gasteiger charge is -2.16. The Hall–Kier alpha value is -1.64. The molecule has 1 aliphatic heterocycles. The molecule has 9 heteroatoms. The summed E-state index contributed by atoms with van der Waals surface area (Å²) < 4.78 is 0.497. The van der Waals surface area contributed by atoms with Crippen LogP contribution in [0.5, 0.6) is 0 Å². The molecule has 1 saturated heterocycles. The van der Waals surface area contributed by atoms with E-state index in [2.05, 4.69) is 37.4 Å². The van der Waals surface area contributed by atoms with Gasteiger partial charge in [-0.3, -0.25) is 19.8 Å². The number of rotatable bonds is 5. The molecular weight excluding hydrogens is 400 g/mol. The lowest BCUT2D eigenvalue weighted by molar-refractivity contribution is -0.121. The lowest BCUT2D eigenvalue weighted by Crippen LogP contribution is -2.40. The topological polar surface area (TPSA) is 99.3 Å². The molecule has 2 fully saturated rings. The van der Waals surface area contributed by atoms with Crippen LogP contribution in [0.1, 0.15) is 29.6 Å². The number of carbonyl (C=O) groups excluding carboxylic acids is 3. The molecule has 4 N–H and O–H groups in total. The van der Waals surface area contributed by atoms with E-state index in [0.717, 1.165) is 12.8 Å². The van der Waals surface area contributed by atoms with Gasteiger partial charge < -0.3 is 10.6 Å². The van der Waals surface area contributed by atoms with E-state index in [1.807, 2.05) is 0 Å². The van der Waals surface area contributed by atoms with Crippen LogP contribution >= 0.6 is 27.5 Å². The predicted octanol–water partition coefficient (Wildman–Crippen LogP) is 1.57. The highest BCUT2D eigenvalue weighted by Crippen LogP contribution is 2.32. The highest BCUT2D eigenvalue weighted by molar-refractivity contribution is 9.10. The fourth-order valence-corrected chi connectivity index (χ4v) is 3.27. The SMILES string of the molecule is O=C1CC(C(=O)Nc2c(Br)cc(Cl)cc2C(=O)NCC2CC2)NN1. The van der Waals surface area contributed by atoms with Crippen LogP contribution < -0.4 is 21.5 Å². The van der Waals surface area contributed by atoms with Gasteiger partial charge in [-0.25, -0.2) is 5.43 Å². The van der Waals surface area contributed by atoms with E-state index in [-0.39, 0.29) is 23.8 Å². The van der Waals surface area contributed by atoms with Crippen LogP contribution in [0.4, 0.5) is 5.69 Å². The number of hydrogen-bond donors (Lipinski definition) is 4. The fourth-order valence-electron chi connectivity index (χ4n) is 2.36. The highest BCUT2D eigenvalue weighted by Gasteiger charge is 2.29. The normalized spacial score (nSPS) is 19.8. The van der Waals surface area contributed by atoms with Crippen LogP contribution in [0.25, 0.3) is 0 Å². The Morgan fingerprint density at radius 2 is 2.08 bits per heavy atom. The highest BCUT2D eigenvalue weighted by atomic mass is 79.9. The maximum Gasteiger partial charge on any atom is 0.253 e. The Morgan fingerprint density at radius 1 is 1.33 bits per heavy atom. The molecule has 1 atom stereocenters. The van der Waals surface area contributed by atoms with Crippen LogP contribution in [-0.2, 0) is 9.59 Å². The summed E-state index contributed by atoms with van der Waals surface area (Å²) in [7, 11) is 0. The van der Waals surface area contributed by atoms with Crippen molar-refractivity contribution in [2.24, 2.45) is 5.92 Å². The van der Waals surface area contributed by atoms with Crippen LogP contribution in [0.3, 0.4) is 0 Å². The maximum atomic E-state index is 12.4. The van der Waals surface area contributed by atoms with Gasteiger partial charge in [-0.05, 0) is 46.8 Å². The first kappa shape index (κ1) is 17.2. The number of nitrogens with one attached hydrogen (secondary N) is 4. The average Bonchev–Trinajstić information content (AvgIpc) is 3.26. The van der Waals surface area contributed by atoms with E-state index in [9.17, 15) is 14.4 Å². The molecule has 0 aromatic heterocycles. The third kappa shape index (κ3) is 4.06. The van der Waals surface area contributed by atoms with Gasteiger partial charge in [-0.15, -0.1) is 0 Å². The Bertz CT molecular complexity index is 708. The van der Waals surface area contributed by atoms with E-state index >= 15 is 0 Å². The van der Waals surface area contributed by atoms with Crippen LogP contribution in [-0.4, -0.2) is 30.3 Å². The van der Waals surface area contributed by atoms with Gasteiger partial charge in [0.2, 0.25) is 11.8 Å². The van der Waals surface area contributed by atoms with Gasteiger partial charge in [-0.2, -0.15) is 0 Å². The zero-order valence-electron chi connectivity index (χ0n) is 12.6. The quantitative estimate of drug-likeness (QED) is 0.587. The minimum atomic E-state index is -0.692. The average molecular weight is 416 g/mol. The van der Waals surface area contributed by atoms with Crippen molar-refractivity contribution >= 4 is 50.9 Å². The minimum absolute atomic E-state index is 0.0419. The van der Waals surface area contributed by atoms with Gasteiger partial charge in [0.1, 0.15) is 6.04 Å². The molecule has 3 amide bonds. The molecule has 1 aromatic rings. The van der Waals surface area contributed by atoms with Crippen molar-refractivity contribution in [3.05, 3.63) is 27.2 Å². The molecule has 1 heterocycles. The largest absolute Gasteiger partial charge is 0.352 e. The smallest absolute Gasteiger partial charge is 0.253 e. The first-order valence-electron chi connectivity index (χ1n) is 7.56. The van der Waals surface area contributed by atoms with Crippen molar-refractivity contribution in [2.45, 2.75) is 25.3 Å². The zero-order chi connectivity index (χ0) is 17.3. The molecular formula is C15H16BrClN4O3. The maximum absolute atomic E-state index is 12.4. The van der Waals surface area contributed by atoms with Crippen molar-refractivity contribution in [3.8, 4) is 0 Å². The summed E-state index contributed by atoms with van der Waals surface area (Å²) in [5.41, 5.74) is 5.59. The van der Waals surface area contributed by atoms with Gasteiger partial charge in [-0.1, -0.05) is 11.6 Å². The molecule has 3 rings (SSSR count). The number of hydrazine groups is 1. The number of benzene rings is 1. The summed E-state index contributed by atoms with van der Waals surface area (Å²) in [6.45, 7) is 0.610. The summed E-state index contributed by atoms with van der Waals surface area (Å²) in [5.74, 6) is -0.427. The minimum Gasteiger partial charge on any atom is -0.352 e. The van der Waals surface area contributed by atoms with Crippen molar-refractivity contribution in [2.75, 3.05) is 11.9 Å². The summed E-state index contributed by atoms with van der Waals surface area (Å²) in [6.07, 6.45) is 2.29. The van der Waals surface area contributed by atoms with Gasteiger partial charge in [0.15, 0.2) is 0 Å². The van der Waals surface area contributed by atoms with Gasteiger partial charge in [0.25, 0.3) is 5.91 Å².